The molecule has 9 nitrogen and oxygen atoms in total. The normalized spacial score (nSPS) is 15.7. The van der Waals surface area contributed by atoms with Crippen molar-refractivity contribution in [2.75, 3.05) is 24.1 Å². The van der Waals surface area contributed by atoms with Crippen molar-refractivity contribution in [2.24, 2.45) is 0 Å². The first-order chi connectivity index (χ1) is 21.1. The number of nitrogens with zero attached hydrogens (tertiary/aromatic N) is 2. The van der Waals surface area contributed by atoms with Crippen molar-refractivity contribution >= 4 is 27.5 Å². The van der Waals surface area contributed by atoms with E-state index in [9.17, 15) is 26.8 Å². The molecule has 1 aliphatic heterocycles. The molecule has 0 bridgehead atoms. The number of halogens is 2. The van der Waals surface area contributed by atoms with Crippen molar-refractivity contribution in [1.82, 2.24) is 10.2 Å². The van der Waals surface area contributed by atoms with Crippen LogP contribution in [0, 0.1) is 11.6 Å². The standard InChI is InChI=1S/C32H35F2N3O6S/c1-22(32(39)35-26-5-3-2-4-6-26)36(20-23-7-9-24(33)10-8-23)31(38)21-37(27-13-11-25(34)12-14-27)44(40,41)28-15-16-29-30(19-28)43-18-17-42-29/h7-16,19,22,26H,2-6,17-18,20-21H2,1H3,(H,35,39). The zero-order valence-electron chi connectivity index (χ0n) is 24.4. The first kappa shape index (κ1) is 31.2. The van der Waals surface area contributed by atoms with Crippen molar-refractivity contribution in [2.45, 2.75) is 62.6 Å². The fourth-order valence-corrected chi connectivity index (χ4v) is 6.82. The SMILES string of the molecule is CC(C(=O)NC1CCCCC1)N(Cc1ccc(F)cc1)C(=O)CN(c1ccc(F)cc1)S(=O)(=O)c1ccc2c(c1)OCCO2. The average molecular weight is 628 g/mol. The molecule has 3 aromatic rings. The molecule has 1 aliphatic carbocycles. The molecular weight excluding hydrogens is 592 g/mol. The molecule has 2 aliphatic rings. The van der Waals surface area contributed by atoms with Crippen LogP contribution >= 0.6 is 0 Å². The van der Waals surface area contributed by atoms with E-state index in [2.05, 4.69) is 5.32 Å². The van der Waals surface area contributed by atoms with Gasteiger partial charge in [0.15, 0.2) is 11.5 Å². The molecule has 1 unspecified atom stereocenters. The van der Waals surface area contributed by atoms with Crippen LogP contribution in [-0.2, 0) is 26.2 Å². The van der Waals surface area contributed by atoms with E-state index in [1.165, 1.54) is 59.5 Å². The van der Waals surface area contributed by atoms with E-state index >= 15 is 0 Å². The molecule has 12 heteroatoms. The summed E-state index contributed by atoms with van der Waals surface area (Å²) in [5.41, 5.74) is 0.607. The van der Waals surface area contributed by atoms with E-state index in [1.54, 1.807) is 6.92 Å². The highest BCUT2D eigenvalue weighted by Crippen LogP contribution is 2.34. The van der Waals surface area contributed by atoms with Gasteiger partial charge in [-0.3, -0.25) is 13.9 Å². The van der Waals surface area contributed by atoms with Crippen molar-refractivity contribution in [3.8, 4) is 11.5 Å². The monoisotopic (exact) mass is 627 g/mol. The van der Waals surface area contributed by atoms with Gasteiger partial charge in [0.25, 0.3) is 10.0 Å². The predicted molar refractivity (Wildman–Crippen MR) is 160 cm³/mol. The minimum atomic E-state index is -4.40. The summed E-state index contributed by atoms with van der Waals surface area (Å²) in [6.07, 6.45) is 4.80. The number of fused-ring (bicyclic) bond motifs is 1. The molecule has 1 saturated carbocycles. The van der Waals surface area contributed by atoms with Crippen molar-refractivity contribution in [3.63, 3.8) is 0 Å². The zero-order valence-corrected chi connectivity index (χ0v) is 25.2. The minimum absolute atomic E-state index is 0.00669. The summed E-state index contributed by atoms with van der Waals surface area (Å²) in [7, 11) is -4.40. The highest BCUT2D eigenvalue weighted by Gasteiger charge is 2.34. The van der Waals surface area contributed by atoms with Crippen LogP contribution in [0.15, 0.2) is 71.6 Å². The summed E-state index contributed by atoms with van der Waals surface area (Å²) in [6.45, 7) is 1.39. The topological polar surface area (TPSA) is 105 Å². The number of hydrogen-bond donors (Lipinski definition) is 1. The first-order valence-electron chi connectivity index (χ1n) is 14.6. The van der Waals surface area contributed by atoms with Crippen LogP contribution in [0.25, 0.3) is 0 Å². The second-order valence-corrected chi connectivity index (χ2v) is 12.8. The lowest BCUT2D eigenvalue weighted by atomic mass is 9.95. The maximum Gasteiger partial charge on any atom is 0.264 e. The summed E-state index contributed by atoms with van der Waals surface area (Å²) < 4.78 is 67.6. The minimum Gasteiger partial charge on any atom is -0.486 e. The number of amides is 2. The lowest BCUT2D eigenvalue weighted by Crippen LogP contribution is -2.53. The van der Waals surface area contributed by atoms with Crippen LogP contribution in [0.1, 0.15) is 44.6 Å². The van der Waals surface area contributed by atoms with Crippen LogP contribution in [0.5, 0.6) is 11.5 Å². The van der Waals surface area contributed by atoms with Gasteiger partial charge in [0.05, 0.1) is 10.6 Å². The number of hydrogen-bond acceptors (Lipinski definition) is 6. The molecule has 2 amide bonds. The third-order valence-corrected chi connectivity index (χ3v) is 9.65. The summed E-state index contributed by atoms with van der Waals surface area (Å²) in [4.78, 5) is 28.6. The first-order valence-corrected chi connectivity index (χ1v) is 16.1. The highest BCUT2D eigenvalue weighted by atomic mass is 32.2. The number of anilines is 1. The number of carbonyl (C=O) groups is 2. The third kappa shape index (κ3) is 7.29. The smallest absolute Gasteiger partial charge is 0.264 e. The maximum absolute atomic E-state index is 14.1. The van der Waals surface area contributed by atoms with Gasteiger partial charge >= 0.3 is 0 Å². The van der Waals surface area contributed by atoms with E-state index < -0.39 is 40.2 Å². The Morgan fingerprint density at radius 2 is 1.50 bits per heavy atom. The fourth-order valence-electron chi connectivity index (χ4n) is 5.39. The largest absolute Gasteiger partial charge is 0.486 e. The average Bonchev–Trinajstić information content (AvgIpc) is 3.03. The molecule has 1 fully saturated rings. The van der Waals surface area contributed by atoms with E-state index in [0.29, 0.717) is 17.9 Å². The van der Waals surface area contributed by atoms with Crippen molar-refractivity contribution in [3.05, 3.63) is 83.9 Å². The molecule has 1 atom stereocenters. The molecule has 3 aromatic carbocycles. The molecule has 44 heavy (non-hydrogen) atoms. The Morgan fingerprint density at radius 3 is 2.16 bits per heavy atom. The Hall–Kier alpha value is -4.19. The van der Waals surface area contributed by atoms with E-state index in [0.717, 1.165) is 48.5 Å². The van der Waals surface area contributed by atoms with Crippen LogP contribution in [-0.4, -0.2) is 57.0 Å². The van der Waals surface area contributed by atoms with Gasteiger partial charge in [-0.05, 0) is 73.9 Å². The number of carbonyl (C=O) groups excluding carboxylic acids is 2. The number of benzene rings is 3. The highest BCUT2D eigenvalue weighted by molar-refractivity contribution is 7.92. The molecular formula is C32H35F2N3O6S. The number of rotatable bonds is 10. The van der Waals surface area contributed by atoms with Gasteiger partial charge in [-0.1, -0.05) is 31.4 Å². The summed E-state index contributed by atoms with van der Waals surface area (Å²) in [5, 5.41) is 3.03. The second-order valence-electron chi connectivity index (χ2n) is 11.0. The van der Waals surface area contributed by atoms with E-state index in [1.807, 2.05) is 0 Å². The molecule has 1 heterocycles. The Morgan fingerprint density at radius 1 is 0.886 bits per heavy atom. The van der Waals surface area contributed by atoms with Gasteiger partial charge in [0.2, 0.25) is 11.8 Å². The van der Waals surface area contributed by atoms with Gasteiger partial charge in [-0.25, -0.2) is 17.2 Å². The van der Waals surface area contributed by atoms with Crippen molar-refractivity contribution < 1.29 is 36.3 Å². The number of nitrogens with one attached hydrogen (secondary N) is 1. The van der Waals surface area contributed by atoms with Gasteiger partial charge < -0.3 is 19.7 Å². The Labute approximate surface area is 255 Å². The molecule has 0 aromatic heterocycles. The number of ether oxygens (including phenoxy) is 2. The van der Waals surface area contributed by atoms with Gasteiger partial charge in [-0.2, -0.15) is 0 Å². The zero-order chi connectivity index (χ0) is 31.3. The molecule has 0 spiro atoms. The summed E-state index contributed by atoms with van der Waals surface area (Å²) >= 11 is 0. The van der Waals surface area contributed by atoms with Gasteiger partial charge in [-0.15, -0.1) is 0 Å². The van der Waals surface area contributed by atoms with Crippen LogP contribution in [0.3, 0.4) is 0 Å². The quantitative estimate of drug-likeness (QED) is 0.347. The van der Waals surface area contributed by atoms with Crippen LogP contribution in [0.2, 0.25) is 0 Å². The number of sulfonamides is 1. The Bertz CT molecular complexity index is 1580. The lowest BCUT2D eigenvalue weighted by molar-refractivity contribution is -0.139. The lowest BCUT2D eigenvalue weighted by Gasteiger charge is -2.33. The molecule has 234 valence electrons. The van der Waals surface area contributed by atoms with E-state index in [4.69, 9.17) is 9.47 Å². The van der Waals surface area contributed by atoms with Gasteiger partial charge in [0.1, 0.15) is 37.4 Å². The van der Waals surface area contributed by atoms with Gasteiger partial charge in [0, 0.05) is 18.7 Å². The molecule has 1 N–H and O–H groups in total. The Balaban J connectivity index is 1.47. The van der Waals surface area contributed by atoms with Crippen LogP contribution in [0.4, 0.5) is 14.5 Å². The predicted octanol–water partition coefficient (Wildman–Crippen LogP) is 4.80. The second kappa shape index (κ2) is 13.6. The Kier molecular flexibility index (Phi) is 9.68. The van der Waals surface area contributed by atoms with Crippen molar-refractivity contribution in [1.29, 1.82) is 0 Å². The molecule has 5 rings (SSSR count). The molecule has 0 radical (unpaired) electrons. The van der Waals surface area contributed by atoms with Crippen LogP contribution < -0.4 is 19.1 Å². The maximum atomic E-state index is 14.1. The molecule has 0 saturated heterocycles. The van der Waals surface area contributed by atoms with E-state index in [-0.39, 0.29) is 41.4 Å². The fraction of sp³-hybridized carbons (Fsp3) is 0.375. The summed E-state index contributed by atoms with van der Waals surface area (Å²) in [6, 6.07) is 13.4. The summed E-state index contributed by atoms with van der Waals surface area (Å²) in [5.74, 6) is -1.44. The third-order valence-electron chi connectivity index (χ3n) is 7.88.